The number of benzene rings is 1. The summed E-state index contributed by atoms with van der Waals surface area (Å²) in [4.78, 5) is 25.4. The molecule has 0 bridgehead atoms. The number of nitrogens with zero attached hydrogens (tertiary/aromatic N) is 2. The van der Waals surface area contributed by atoms with Crippen LogP contribution in [0.5, 0.6) is 0 Å². The minimum absolute atomic E-state index is 0.212. The minimum atomic E-state index is -0.212. The number of amides is 2. The van der Waals surface area contributed by atoms with Gasteiger partial charge in [0.2, 0.25) is 0 Å². The Morgan fingerprint density at radius 2 is 1.70 bits per heavy atom. The molecule has 1 aromatic rings. The van der Waals surface area contributed by atoms with Crippen LogP contribution in [0, 0.1) is 11.3 Å². The van der Waals surface area contributed by atoms with Gasteiger partial charge in [-0.3, -0.25) is 14.5 Å². The quantitative estimate of drug-likeness (QED) is 0.562. The standard InChI is InChI=1S/C15H16N2O3/c16-8-5-11-20-10-4-3-9-17-14(18)12-6-1-2-7-13(12)15(17)19/h1-2,6-7H,3-5,9-11H2. The van der Waals surface area contributed by atoms with Crippen LogP contribution in [-0.4, -0.2) is 36.5 Å². The van der Waals surface area contributed by atoms with Crippen molar-refractivity contribution >= 4 is 11.8 Å². The molecule has 0 N–H and O–H groups in total. The largest absolute Gasteiger partial charge is 0.380 e. The van der Waals surface area contributed by atoms with Crippen molar-refractivity contribution in [3.05, 3.63) is 35.4 Å². The van der Waals surface area contributed by atoms with Gasteiger partial charge in [0, 0.05) is 13.2 Å². The van der Waals surface area contributed by atoms with Crippen LogP contribution < -0.4 is 0 Å². The van der Waals surface area contributed by atoms with Crippen LogP contribution in [0.3, 0.4) is 0 Å². The van der Waals surface area contributed by atoms with Crippen molar-refractivity contribution in [2.45, 2.75) is 19.3 Å². The fraction of sp³-hybridized carbons (Fsp3) is 0.400. The third-order valence-electron chi connectivity index (χ3n) is 3.16. The van der Waals surface area contributed by atoms with E-state index in [1.165, 1.54) is 4.90 Å². The van der Waals surface area contributed by atoms with Gasteiger partial charge in [-0.1, -0.05) is 12.1 Å². The maximum atomic E-state index is 12.1. The van der Waals surface area contributed by atoms with Crippen molar-refractivity contribution in [1.82, 2.24) is 4.90 Å². The topological polar surface area (TPSA) is 70.4 Å². The summed E-state index contributed by atoms with van der Waals surface area (Å²) < 4.78 is 5.24. The first-order valence-corrected chi connectivity index (χ1v) is 6.65. The fourth-order valence-electron chi connectivity index (χ4n) is 2.14. The van der Waals surface area contributed by atoms with E-state index in [1.807, 2.05) is 6.07 Å². The van der Waals surface area contributed by atoms with Gasteiger partial charge in [-0.15, -0.1) is 0 Å². The summed E-state index contributed by atoms with van der Waals surface area (Å²) in [6.07, 6.45) is 1.86. The minimum Gasteiger partial charge on any atom is -0.380 e. The molecule has 1 aromatic carbocycles. The lowest BCUT2D eigenvalue weighted by Gasteiger charge is -2.13. The predicted molar refractivity (Wildman–Crippen MR) is 72.1 cm³/mol. The van der Waals surface area contributed by atoms with Gasteiger partial charge in [0.1, 0.15) is 0 Å². The molecular weight excluding hydrogens is 256 g/mol. The van der Waals surface area contributed by atoms with Crippen LogP contribution in [0.15, 0.2) is 24.3 Å². The lowest BCUT2D eigenvalue weighted by Crippen LogP contribution is -2.30. The van der Waals surface area contributed by atoms with Crippen LogP contribution in [-0.2, 0) is 4.74 Å². The molecule has 1 aliphatic heterocycles. The molecule has 0 aliphatic carbocycles. The van der Waals surface area contributed by atoms with Crippen molar-refractivity contribution in [2.24, 2.45) is 0 Å². The van der Waals surface area contributed by atoms with Crippen LogP contribution in [0.2, 0.25) is 0 Å². The number of rotatable bonds is 7. The van der Waals surface area contributed by atoms with Gasteiger partial charge in [-0.05, 0) is 25.0 Å². The van der Waals surface area contributed by atoms with Gasteiger partial charge in [0.25, 0.3) is 11.8 Å². The number of ether oxygens (including phenoxy) is 1. The summed E-state index contributed by atoms with van der Waals surface area (Å²) in [5, 5.41) is 8.35. The summed E-state index contributed by atoms with van der Waals surface area (Å²) in [5.74, 6) is -0.424. The molecular formula is C15H16N2O3. The van der Waals surface area contributed by atoms with Crippen LogP contribution in [0.25, 0.3) is 0 Å². The molecule has 0 aromatic heterocycles. The van der Waals surface area contributed by atoms with Crippen LogP contribution >= 0.6 is 0 Å². The Balaban J connectivity index is 1.77. The summed E-state index contributed by atoms with van der Waals surface area (Å²) in [5.41, 5.74) is 0.977. The molecule has 0 saturated carbocycles. The van der Waals surface area contributed by atoms with Gasteiger partial charge in [0.05, 0.1) is 30.2 Å². The number of imide groups is 1. The number of carbonyl (C=O) groups excluding carboxylic acids is 2. The number of nitriles is 1. The zero-order valence-electron chi connectivity index (χ0n) is 11.2. The molecule has 2 amide bonds. The molecule has 104 valence electrons. The van der Waals surface area contributed by atoms with E-state index in [4.69, 9.17) is 10.00 Å². The number of fused-ring (bicyclic) bond motifs is 1. The maximum Gasteiger partial charge on any atom is 0.261 e. The van der Waals surface area contributed by atoms with Crippen molar-refractivity contribution in [3.63, 3.8) is 0 Å². The SMILES string of the molecule is N#CCCOCCCCN1C(=O)c2ccccc2C1=O. The van der Waals surface area contributed by atoms with E-state index in [0.29, 0.717) is 43.7 Å². The molecule has 0 spiro atoms. The van der Waals surface area contributed by atoms with Gasteiger partial charge < -0.3 is 4.74 Å². The first kappa shape index (κ1) is 14.2. The third kappa shape index (κ3) is 3.03. The summed E-state index contributed by atoms with van der Waals surface area (Å²) in [6, 6.07) is 8.89. The highest BCUT2D eigenvalue weighted by atomic mass is 16.5. The Bertz CT molecular complexity index is 513. The van der Waals surface area contributed by atoms with Crippen molar-refractivity contribution in [3.8, 4) is 6.07 Å². The Labute approximate surface area is 117 Å². The van der Waals surface area contributed by atoms with E-state index in [2.05, 4.69) is 0 Å². The summed E-state index contributed by atoms with van der Waals surface area (Å²) in [7, 11) is 0. The van der Waals surface area contributed by atoms with Gasteiger partial charge >= 0.3 is 0 Å². The highest BCUT2D eigenvalue weighted by molar-refractivity contribution is 6.21. The van der Waals surface area contributed by atoms with Crippen molar-refractivity contribution < 1.29 is 14.3 Å². The van der Waals surface area contributed by atoms with Crippen molar-refractivity contribution in [1.29, 1.82) is 5.26 Å². The first-order valence-electron chi connectivity index (χ1n) is 6.65. The van der Waals surface area contributed by atoms with E-state index in [0.717, 1.165) is 6.42 Å². The highest BCUT2D eigenvalue weighted by Crippen LogP contribution is 2.22. The van der Waals surface area contributed by atoms with E-state index in [-0.39, 0.29) is 11.8 Å². The highest BCUT2D eigenvalue weighted by Gasteiger charge is 2.34. The van der Waals surface area contributed by atoms with E-state index in [1.54, 1.807) is 24.3 Å². The number of hydrogen-bond acceptors (Lipinski definition) is 4. The zero-order valence-corrected chi connectivity index (χ0v) is 11.2. The molecule has 5 heteroatoms. The Morgan fingerprint density at radius 1 is 1.05 bits per heavy atom. The first-order chi connectivity index (χ1) is 9.75. The molecule has 1 heterocycles. The number of carbonyl (C=O) groups is 2. The second kappa shape index (κ2) is 6.83. The molecule has 0 fully saturated rings. The average Bonchev–Trinajstić information content (AvgIpc) is 2.71. The summed E-state index contributed by atoms with van der Waals surface area (Å²) in [6.45, 7) is 1.39. The Kier molecular flexibility index (Phi) is 4.85. The maximum absolute atomic E-state index is 12.1. The lowest BCUT2D eigenvalue weighted by molar-refractivity contribution is 0.0643. The van der Waals surface area contributed by atoms with Crippen LogP contribution in [0.4, 0.5) is 0 Å². The molecule has 2 rings (SSSR count). The molecule has 20 heavy (non-hydrogen) atoms. The molecule has 0 atom stereocenters. The molecule has 5 nitrogen and oxygen atoms in total. The molecule has 0 radical (unpaired) electrons. The van der Waals surface area contributed by atoms with Gasteiger partial charge in [-0.25, -0.2) is 0 Å². The van der Waals surface area contributed by atoms with E-state index in [9.17, 15) is 9.59 Å². The third-order valence-corrected chi connectivity index (χ3v) is 3.16. The molecule has 1 aliphatic rings. The average molecular weight is 272 g/mol. The molecule has 0 unspecified atom stereocenters. The van der Waals surface area contributed by atoms with E-state index < -0.39 is 0 Å². The van der Waals surface area contributed by atoms with Gasteiger partial charge in [0.15, 0.2) is 0 Å². The second-order valence-electron chi connectivity index (χ2n) is 4.54. The normalized spacial score (nSPS) is 13.4. The monoisotopic (exact) mass is 272 g/mol. The fourth-order valence-corrected chi connectivity index (χ4v) is 2.14. The lowest BCUT2D eigenvalue weighted by atomic mass is 10.1. The predicted octanol–water partition coefficient (Wildman–Crippen LogP) is 1.99. The zero-order chi connectivity index (χ0) is 14.4. The smallest absolute Gasteiger partial charge is 0.261 e. The second-order valence-corrected chi connectivity index (χ2v) is 4.54. The summed E-state index contributed by atoms with van der Waals surface area (Å²) >= 11 is 0. The molecule has 0 saturated heterocycles. The number of hydrogen-bond donors (Lipinski definition) is 0. The Hall–Kier alpha value is -2.19. The van der Waals surface area contributed by atoms with E-state index >= 15 is 0 Å². The number of unbranched alkanes of at least 4 members (excludes halogenated alkanes) is 1. The van der Waals surface area contributed by atoms with Crippen molar-refractivity contribution in [2.75, 3.05) is 19.8 Å². The van der Waals surface area contributed by atoms with Gasteiger partial charge in [-0.2, -0.15) is 5.26 Å². The van der Waals surface area contributed by atoms with Crippen LogP contribution in [0.1, 0.15) is 40.0 Å². The Morgan fingerprint density at radius 3 is 2.30 bits per heavy atom.